The topological polar surface area (TPSA) is 37.8 Å². The van der Waals surface area contributed by atoms with Crippen LogP contribution in [-0.2, 0) is 0 Å². The van der Waals surface area contributed by atoms with Crippen LogP contribution in [0.2, 0.25) is 0 Å². The third-order valence-electron chi connectivity index (χ3n) is 1.49. The average molecular weight is 244 g/mol. The van der Waals surface area contributed by atoms with Gasteiger partial charge in [-0.2, -0.15) is 0 Å². The fourth-order valence-electron chi connectivity index (χ4n) is 0.905. The molecule has 0 saturated carbocycles. The monoisotopic (exact) mass is 243 g/mol. The van der Waals surface area contributed by atoms with E-state index in [1.165, 1.54) is 0 Å². The van der Waals surface area contributed by atoms with E-state index in [0.29, 0.717) is 11.9 Å². The van der Waals surface area contributed by atoms with Crippen molar-refractivity contribution in [1.82, 2.24) is 9.97 Å². The molecule has 0 aromatic carbocycles. The summed E-state index contributed by atoms with van der Waals surface area (Å²) in [5, 5.41) is 3.17. The van der Waals surface area contributed by atoms with Crippen molar-refractivity contribution in [3.63, 3.8) is 0 Å². The summed E-state index contributed by atoms with van der Waals surface area (Å²) >= 11 is 3.33. The van der Waals surface area contributed by atoms with Crippen molar-refractivity contribution < 1.29 is 0 Å². The highest BCUT2D eigenvalue weighted by Crippen LogP contribution is 2.10. The Hall–Kier alpha value is -0.640. The van der Waals surface area contributed by atoms with Crippen LogP contribution >= 0.6 is 15.9 Å². The molecule has 0 radical (unpaired) electrons. The van der Waals surface area contributed by atoms with Gasteiger partial charge in [-0.05, 0) is 34.8 Å². The average Bonchev–Trinajstić information content (AvgIpc) is 1.99. The molecular formula is C9H14BrN3. The van der Waals surface area contributed by atoms with Gasteiger partial charge in [0, 0.05) is 12.2 Å². The molecule has 0 atom stereocenters. The molecule has 13 heavy (non-hydrogen) atoms. The maximum atomic E-state index is 4.25. The van der Waals surface area contributed by atoms with Crippen molar-refractivity contribution in [3.8, 4) is 0 Å². The van der Waals surface area contributed by atoms with Gasteiger partial charge in [0.05, 0.1) is 0 Å². The second kappa shape index (κ2) is 4.56. The number of hydrogen-bond acceptors (Lipinski definition) is 3. The van der Waals surface area contributed by atoms with Crippen LogP contribution in [0.3, 0.4) is 0 Å². The summed E-state index contributed by atoms with van der Waals surface area (Å²) in [4.78, 5) is 8.45. The van der Waals surface area contributed by atoms with Crippen molar-refractivity contribution in [1.29, 1.82) is 0 Å². The second-order valence-electron chi connectivity index (χ2n) is 3.43. The van der Waals surface area contributed by atoms with Crippen LogP contribution in [0.25, 0.3) is 0 Å². The highest BCUT2D eigenvalue weighted by Gasteiger charge is 2.00. The predicted octanol–water partition coefficient (Wildman–Crippen LogP) is 2.62. The Bertz CT molecular complexity index is 266. The summed E-state index contributed by atoms with van der Waals surface area (Å²) in [6, 6.07) is 1.89. The molecule has 1 N–H and O–H groups in total. The molecule has 0 unspecified atom stereocenters. The fraction of sp³-hybridized carbons (Fsp3) is 0.556. The molecule has 1 rings (SSSR count). The largest absolute Gasteiger partial charge is 0.354 e. The number of nitrogens with one attached hydrogen (secondary N) is 1. The Morgan fingerprint density at radius 3 is 2.69 bits per heavy atom. The Labute approximate surface area is 87.1 Å². The van der Waals surface area contributed by atoms with E-state index >= 15 is 0 Å². The maximum absolute atomic E-state index is 4.25. The second-order valence-corrected chi connectivity index (χ2v) is 4.24. The van der Waals surface area contributed by atoms with Crippen LogP contribution in [0.15, 0.2) is 10.7 Å². The lowest BCUT2D eigenvalue weighted by molar-refractivity contribution is 0.684. The van der Waals surface area contributed by atoms with Gasteiger partial charge in [-0.1, -0.05) is 13.8 Å². The van der Waals surface area contributed by atoms with Crippen molar-refractivity contribution in [3.05, 3.63) is 16.4 Å². The SMILES string of the molecule is Cc1cc(Br)nc(NCC(C)C)n1. The first kappa shape index (κ1) is 10.4. The number of aromatic nitrogens is 2. The molecular weight excluding hydrogens is 230 g/mol. The van der Waals surface area contributed by atoms with E-state index in [1.54, 1.807) is 0 Å². The number of hydrogen-bond donors (Lipinski definition) is 1. The number of rotatable bonds is 3. The highest BCUT2D eigenvalue weighted by molar-refractivity contribution is 9.10. The van der Waals surface area contributed by atoms with E-state index in [1.807, 2.05) is 13.0 Å². The lowest BCUT2D eigenvalue weighted by atomic mass is 10.2. The number of anilines is 1. The lowest BCUT2D eigenvalue weighted by Crippen LogP contribution is -2.10. The van der Waals surface area contributed by atoms with E-state index in [9.17, 15) is 0 Å². The molecule has 0 fully saturated rings. The van der Waals surface area contributed by atoms with Gasteiger partial charge in [0.15, 0.2) is 0 Å². The number of halogens is 1. The lowest BCUT2D eigenvalue weighted by Gasteiger charge is -2.07. The van der Waals surface area contributed by atoms with Crippen LogP contribution in [0.5, 0.6) is 0 Å². The summed E-state index contributed by atoms with van der Waals surface area (Å²) in [5.74, 6) is 1.29. The highest BCUT2D eigenvalue weighted by atomic mass is 79.9. The molecule has 0 aliphatic heterocycles. The van der Waals surface area contributed by atoms with Gasteiger partial charge in [0.2, 0.25) is 5.95 Å². The quantitative estimate of drug-likeness (QED) is 0.830. The van der Waals surface area contributed by atoms with Crippen molar-refractivity contribution >= 4 is 21.9 Å². The van der Waals surface area contributed by atoms with Gasteiger partial charge in [-0.3, -0.25) is 0 Å². The van der Waals surface area contributed by atoms with Crippen LogP contribution < -0.4 is 5.32 Å². The molecule has 3 nitrogen and oxygen atoms in total. The van der Waals surface area contributed by atoms with Crippen LogP contribution in [0.1, 0.15) is 19.5 Å². The normalized spacial score (nSPS) is 10.5. The zero-order chi connectivity index (χ0) is 9.84. The van der Waals surface area contributed by atoms with Crippen LogP contribution in [-0.4, -0.2) is 16.5 Å². The minimum absolute atomic E-state index is 0.600. The van der Waals surface area contributed by atoms with Crippen LogP contribution in [0, 0.1) is 12.8 Å². The molecule has 0 saturated heterocycles. The Kier molecular flexibility index (Phi) is 3.66. The molecule has 4 heteroatoms. The molecule has 0 aliphatic rings. The standard InChI is InChI=1S/C9H14BrN3/c1-6(2)5-11-9-12-7(3)4-8(10)13-9/h4,6H,5H2,1-3H3,(H,11,12,13). The summed E-state index contributed by atoms with van der Waals surface area (Å²) < 4.78 is 0.825. The smallest absolute Gasteiger partial charge is 0.223 e. The van der Waals surface area contributed by atoms with Gasteiger partial charge in [-0.25, -0.2) is 9.97 Å². The predicted molar refractivity (Wildman–Crippen MR) is 57.8 cm³/mol. The summed E-state index contributed by atoms with van der Waals surface area (Å²) in [5.41, 5.74) is 0.966. The van der Waals surface area contributed by atoms with E-state index in [0.717, 1.165) is 16.8 Å². The van der Waals surface area contributed by atoms with Crippen molar-refractivity contribution in [2.45, 2.75) is 20.8 Å². The fourth-order valence-corrected chi connectivity index (χ4v) is 1.40. The first-order valence-corrected chi connectivity index (χ1v) is 5.12. The van der Waals surface area contributed by atoms with E-state index < -0.39 is 0 Å². The van der Waals surface area contributed by atoms with Gasteiger partial charge in [0.1, 0.15) is 4.60 Å². The molecule has 0 aliphatic carbocycles. The minimum atomic E-state index is 0.600. The molecule has 0 spiro atoms. The number of nitrogens with zero attached hydrogens (tertiary/aromatic N) is 2. The van der Waals surface area contributed by atoms with Crippen molar-refractivity contribution in [2.24, 2.45) is 5.92 Å². The zero-order valence-corrected chi connectivity index (χ0v) is 9.72. The Morgan fingerprint density at radius 1 is 1.46 bits per heavy atom. The van der Waals surface area contributed by atoms with Gasteiger partial charge >= 0.3 is 0 Å². The summed E-state index contributed by atoms with van der Waals surface area (Å²) in [7, 11) is 0. The van der Waals surface area contributed by atoms with Gasteiger partial charge in [0.25, 0.3) is 0 Å². The molecule has 1 heterocycles. The molecule has 0 bridgehead atoms. The maximum Gasteiger partial charge on any atom is 0.223 e. The van der Waals surface area contributed by atoms with Crippen molar-refractivity contribution in [2.75, 3.05) is 11.9 Å². The van der Waals surface area contributed by atoms with Gasteiger partial charge < -0.3 is 5.32 Å². The first-order chi connectivity index (χ1) is 6.08. The third kappa shape index (κ3) is 3.72. The first-order valence-electron chi connectivity index (χ1n) is 4.33. The summed E-state index contributed by atoms with van der Waals surface area (Å²) in [6.45, 7) is 7.15. The zero-order valence-electron chi connectivity index (χ0n) is 8.13. The minimum Gasteiger partial charge on any atom is -0.354 e. The molecule has 0 amide bonds. The molecule has 72 valence electrons. The van der Waals surface area contributed by atoms with Gasteiger partial charge in [-0.15, -0.1) is 0 Å². The third-order valence-corrected chi connectivity index (χ3v) is 1.90. The molecule has 1 aromatic heterocycles. The summed E-state index contributed by atoms with van der Waals surface area (Å²) in [6.07, 6.45) is 0. The van der Waals surface area contributed by atoms with Crippen LogP contribution in [0.4, 0.5) is 5.95 Å². The Balaban J connectivity index is 2.66. The van der Waals surface area contributed by atoms with E-state index in [-0.39, 0.29) is 0 Å². The van der Waals surface area contributed by atoms with E-state index in [2.05, 4.69) is 45.1 Å². The number of aryl methyl sites for hydroxylation is 1. The van der Waals surface area contributed by atoms with E-state index in [4.69, 9.17) is 0 Å². The molecule has 1 aromatic rings. The Morgan fingerprint density at radius 2 is 2.15 bits per heavy atom.